The number of nitrogens with zero attached hydrogens (tertiary/aromatic N) is 2. The van der Waals surface area contributed by atoms with E-state index in [-0.39, 0.29) is 0 Å². The molecule has 4 nitrogen and oxygen atoms in total. The van der Waals surface area contributed by atoms with Gasteiger partial charge in [-0.25, -0.2) is 9.97 Å². The predicted octanol–water partition coefficient (Wildman–Crippen LogP) is 1.97. The second kappa shape index (κ2) is 4.82. The van der Waals surface area contributed by atoms with Gasteiger partial charge in [0.25, 0.3) is 0 Å². The summed E-state index contributed by atoms with van der Waals surface area (Å²) in [7, 11) is 1.66. The Morgan fingerprint density at radius 3 is 2.47 bits per heavy atom. The van der Waals surface area contributed by atoms with Crippen molar-refractivity contribution in [2.45, 2.75) is 13.3 Å². The Labute approximate surface area is 100 Å². The summed E-state index contributed by atoms with van der Waals surface area (Å²) in [6.45, 7) is 1.84. The molecule has 0 atom stereocenters. The average Bonchev–Trinajstić information content (AvgIpc) is 2.28. The Bertz CT molecular complexity index is 488. The summed E-state index contributed by atoms with van der Waals surface area (Å²) in [5.74, 6) is 2.07. The Hall–Kier alpha value is -2.10. The number of aromatic nitrogens is 2. The number of benzene rings is 1. The van der Waals surface area contributed by atoms with Crippen molar-refractivity contribution >= 4 is 5.82 Å². The number of nitrogen functional groups attached to an aromatic ring is 1. The summed E-state index contributed by atoms with van der Waals surface area (Å²) < 4.78 is 5.11. The molecule has 1 aromatic carbocycles. The quantitative estimate of drug-likeness (QED) is 0.874. The second-order valence-corrected chi connectivity index (χ2v) is 3.86. The molecule has 0 aliphatic heterocycles. The van der Waals surface area contributed by atoms with Crippen LogP contribution in [0.5, 0.6) is 5.75 Å². The number of ether oxygens (including phenoxy) is 1. The molecule has 0 spiro atoms. The van der Waals surface area contributed by atoms with E-state index in [2.05, 4.69) is 9.97 Å². The molecule has 88 valence electrons. The molecule has 0 fully saturated rings. The van der Waals surface area contributed by atoms with E-state index in [1.165, 1.54) is 5.56 Å². The molecule has 0 aliphatic carbocycles. The van der Waals surface area contributed by atoms with E-state index in [1.54, 1.807) is 13.2 Å². The predicted molar refractivity (Wildman–Crippen MR) is 67.0 cm³/mol. The Morgan fingerprint density at radius 1 is 1.18 bits per heavy atom. The van der Waals surface area contributed by atoms with Gasteiger partial charge in [0.15, 0.2) is 0 Å². The third kappa shape index (κ3) is 2.93. The number of anilines is 1. The molecule has 2 N–H and O–H groups in total. The van der Waals surface area contributed by atoms with Crippen molar-refractivity contribution in [3.05, 3.63) is 47.4 Å². The molecule has 0 unspecified atom stereocenters. The fraction of sp³-hybridized carbons (Fsp3) is 0.231. The highest BCUT2D eigenvalue weighted by molar-refractivity contribution is 5.34. The van der Waals surface area contributed by atoms with Gasteiger partial charge in [-0.3, -0.25) is 0 Å². The smallest absolute Gasteiger partial charge is 0.127 e. The molecule has 0 radical (unpaired) electrons. The highest BCUT2D eigenvalue weighted by atomic mass is 16.5. The zero-order chi connectivity index (χ0) is 12.3. The molecule has 4 heteroatoms. The van der Waals surface area contributed by atoms with Crippen LogP contribution in [0, 0.1) is 6.92 Å². The van der Waals surface area contributed by atoms with Crippen LogP contribution in [-0.4, -0.2) is 17.1 Å². The van der Waals surface area contributed by atoms with Crippen molar-refractivity contribution < 1.29 is 4.74 Å². The van der Waals surface area contributed by atoms with Gasteiger partial charge in [-0.15, -0.1) is 0 Å². The zero-order valence-electron chi connectivity index (χ0n) is 9.97. The Balaban J connectivity index is 2.19. The van der Waals surface area contributed by atoms with Gasteiger partial charge in [0, 0.05) is 12.5 Å². The SMILES string of the molecule is COc1ccc(Cc2cc(N)nc(C)n2)cc1. The van der Waals surface area contributed by atoms with E-state index in [0.717, 1.165) is 17.9 Å². The van der Waals surface area contributed by atoms with E-state index in [4.69, 9.17) is 10.5 Å². The third-order valence-electron chi connectivity index (χ3n) is 2.46. The highest BCUT2D eigenvalue weighted by Crippen LogP contribution is 2.14. The topological polar surface area (TPSA) is 61.0 Å². The largest absolute Gasteiger partial charge is 0.497 e. The number of rotatable bonds is 3. The van der Waals surface area contributed by atoms with Crippen molar-refractivity contribution in [2.75, 3.05) is 12.8 Å². The molecule has 0 aliphatic rings. The van der Waals surface area contributed by atoms with E-state index < -0.39 is 0 Å². The first-order valence-corrected chi connectivity index (χ1v) is 5.40. The summed E-state index contributed by atoms with van der Waals surface area (Å²) in [5.41, 5.74) is 7.79. The van der Waals surface area contributed by atoms with Gasteiger partial charge in [0.2, 0.25) is 0 Å². The first-order valence-electron chi connectivity index (χ1n) is 5.40. The third-order valence-corrected chi connectivity index (χ3v) is 2.46. The van der Waals surface area contributed by atoms with Crippen molar-refractivity contribution in [1.82, 2.24) is 9.97 Å². The van der Waals surface area contributed by atoms with Crippen molar-refractivity contribution in [2.24, 2.45) is 0 Å². The number of hydrogen-bond acceptors (Lipinski definition) is 4. The summed E-state index contributed by atoms with van der Waals surface area (Å²) in [6, 6.07) is 9.72. The Kier molecular flexibility index (Phi) is 3.23. The zero-order valence-corrected chi connectivity index (χ0v) is 9.97. The highest BCUT2D eigenvalue weighted by Gasteiger charge is 2.01. The molecule has 0 bridgehead atoms. The monoisotopic (exact) mass is 229 g/mol. The fourth-order valence-electron chi connectivity index (χ4n) is 1.70. The van der Waals surface area contributed by atoms with E-state index in [1.807, 2.05) is 31.2 Å². The first-order chi connectivity index (χ1) is 8.17. The molecule has 1 aromatic heterocycles. The Morgan fingerprint density at radius 2 is 1.88 bits per heavy atom. The van der Waals surface area contributed by atoms with Crippen LogP contribution in [0.2, 0.25) is 0 Å². The molecule has 0 amide bonds. The minimum Gasteiger partial charge on any atom is -0.497 e. The number of nitrogens with two attached hydrogens (primary N) is 1. The van der Waals surface area contributed by atoms with E-state index >= 15 is 0 Å². The van der Waals surface area contributed by atoms with Crippen LogP contribution in [0.25, 0.3) is 0 Å². The van der Waals surface area contributed by atoms with Crippen LogP contribution >= 0.6 is 0 Å². The van der Waals surface area contributed by atoms with Crippen molar-refractivity contribution in [1.29, 1.82) is 0 Å². The molecule has 0 saturated heterocycles. The van der Waals surface area contributed by atoms with Crippen LogP contribution in [0.4, 0.5) is 5.82 Å². The number of methoxy groups -OCH3 is 1. The van der Waals surface area contributed by atoms with Gasteiger partial charge in [-0.1, -0.05) is 12.1 Å². The van der Waals surface area contributed by atoms with Gasteiger partial charge < -0.3 is 10.5 Å². The van der Waals surface area contributed by atoms with Crippen LogP contribution in [0.1, 0.15) is 17.1 Å². The summed E-state index contributed by atoms with van der Waals surface area (Å²) in [4.78, 5) is 8.40. The lowest BCUT2D eigenvalue weighted by Crippen LogP contribution is -2.00. The maximum Gasteiger partial charge on any atom is 0.127 e. The summed E-state index contributed by atoms with van der Waals surface area (Å²) in [6.07, 6.45) is 0.748. The summed E-state index contributed by atoms with van der Waals surface area (Å²) in [5, 5.41) is 0. The van der Waals surface area contributed by atoms with Crippen LogP contribution in [0.3, 0.4) is 0 Å². The standard InChI is InChI=1S/C13H15N3O/c1-9-15-11(8-13(14)16-9)7-10-3-5-12(17-2)6-4-10/h3-6,8H,7H2,1-2H3,(H2,14,15,16). The maximum absolute atomic E-state index is 5.69. The second-order valence-electron chi connectivity index (χ2n) is 3.86. The normalized spacial score (nSPS) is 10.2. The molecular weight excluding hydrogens is 214 g/mol. The molecule has 1 heterocycles. The van der Waals surface area contributed by atoms with Crippen LogP contribution < -0.4 is 10.5 Å². The minimum atomic E-state index is 0.515. The number of hydrogen-bond donors (Lipinski definition) is 1. The molecule has 17 heavy (non-hydrogen) atoms. The molecule has 0 saturated carbocycles. The van der Waals surface area contributed by atoms with Gasteiger partial charge in [-0.2, -0.15) is 0 Å². The first kappa shape index (κ1) is 11.4. The van der Waals surface area contributed by atoms with Gasteiger partial charge in [0.05, 0.1) is 12.8 Å². The number of aryl methyl sites for hydroxylation is 1. The molecule has 2 rings (SSSR count). The lowest BCUT2D eigenvalue weighted by Gasteiger charge is -2.05. The molecular formula is C13H15N3O. The van der Waals surface area contributed by atoms with Gasteiger partial charge in [0.1, 0.15) is 17.4 Å². The average molecular weight is 229 g/mol. The molecule has 2 aromatic rings. The maximum atomic E-state index is 5.69. The van der Waals surface area contributed by atoms with Crippen LogP contribution in [0.15, 0.2) is 30.3 Å². The lowest BCUT2D eigenvalue weighted by atomic mass is 10.1. The minimum absolute atomic E-state index is 0.515. The van der Waals surface area contributed by atoms with Crippen molar-refractivity contribution in [3.63, 3.8) is 0 Å². The van der Waals surface area contributed by atoms with E-state index in [0.29, 0.717) is 11.6 Å². The summed E-state index contributed by atoms with van der Waals surface area (Å²) >= 11 is 0. The fourth-order valence-corrected chi connectivity index (χ4v) is 1.70. The lowest BCUT2D eigenvalue weighted by molar-refractivity contribution is 0.414. The van der Waals surface area contributed by atoms with Gasteiger partial charge in [-0.05, 0) is 24.6 Å². The van der Waals surface area contributed by atoms with Crippen molar-refractivity contribution in [3.8, 4) is 5.75 Å². The van der Waals surface area contributed by atoms with E-state index in [9.17, 15) is 0 Å². The van der Waals surface area contributed by atoms with Gasteiger partial charge >= 0.3 is 0 Å². The van der Waals surface area contributed by atoms with Crippen LogP contribution in [-0.2, 0) is 6.42 Å².